The average molecular weight is 343 g/mol. The molecule has 1 fully saturated rings. The quantitative estimate of drug-likeness (QED) is 0.837. The third-order valence-corrected chi connectivity index (χ3v) is 3.40. The van der Waals surface area contributed by atoms with Gasteiger partial charge >= 0.3 is 0 Å². The molecule has 1 saturated heterocycles. The van der Waals surface area contributed by atoms with Crippen molar-refractivity contribution in [2.45, 2.75) is 13.0 Å². The molecule has 1 aromatic rings. The Labute approximate surface area is 123 Å². The Morgan fingerprint density at radius 2 is 1.94 bits per heavy atom. The molecule has 6 heteroatoms. The van der Waals surface area contributed by atoms with Crippen LogP contribution in [0.4, 0.5) is 0 Å². The first-order chi connectivity index (χ1) is 7.27. The molecule has 0 aliphatic carbocycles. The highest BCUT2D eigenvalue weighted by atomic mass is 79.9. The van der Waals surface area contributed by atoms with Crippen LogP contribution in [0.2, 0.25) is 0 Å². The summed E-state index contributed by atoms with van der Waals surface area (Å²) in [6, 6.07) is 4.62. The first-order valence-corrected chi connectivity index (χ1v) is 6.13. The molecule has 2 rings (SSSR count). The number of pyridine rings is 1. The number of aromatic nitrogens is 1. The summed E-state index contributed by atoms with van der Waals surface area (Å²) in [5.74, 6) is 0. The molecule has 0 saturated carbocycles. The summed E-state index contributed by atoms with van der Waals surface area (Å²) in [5, 5.41) is 3.37. The van der Waals surface area contributed by atoms with E-state index in [0.29, 0.717) is 6.04 Å². The van der Waals surface area contributed by atoms with Crippen molar-refractivity contribution >= 4 is 40.7 Å². The maximum absolute atomic E-state index is 4.27. The van der Waals surface area contributed by atoms with E-state index in [1.54, 1.807) is 0 Å². The van der Waals surface area contributed by atoms with Crippen LogP contribution in [0.15, 0.2) is 22.9 Å². The zero-order valence-electron chi connectivity index (χ0n) is 9.73. The van der Waals surface area contributed by atoms with Gasteiger partial charge in [-0.15, -0.1) is 24.8 Å². The van der Waals surface area contributed by atoms with Crippen LogP contribution < -0.4 is 5.32 Å². The monoisotopic (exact) mass is 341 g/mol. The minimum absolute atomic E-state index is 0. The Morgan fingerprint density at radius 3 is 2.47 bits per heavy atom. The highest BCUT2D eigenvalue weighted by molar-refractivity contribution is 9.10. The SMILES string of the molecule is C[C@H](c1ccc(Br)nc1)N1CCNCC1.Cl.Cl. The van der Waals surface area contributed by atoms with Crippen molar-refractivity contribution < 1.29 is 0 Å². The second kappa shape index (κ2) is 8.27. The van der Waals surface area contributed by atoms with Gasteiger partial charge in [0.25, 0.3) is 0 Å². The molecule has 0 bridgehead atoms. The van der Waals surface area contributed by atoms with Crippen LogP contribution in [0, 0.1) is 0 Å². The van der Waals surface area contributed by atoms with Crippen molar-refractivity contribution in [1.82, 2.24) is 15.2 Å². The normalized spacial score (nSPS) is 17.8. The van der Waals surface area contributed by atoms with E-state index in [0.717, 1.165) is 30.8 Å². The minimum atomic E-state index is 0. The number of nitrogens with zero attached hydrogens (tertiary/aromatic N) is 2. The molecule has 1 aliphatic heterocycles. The van der Waals surface area contributed by atoms with Crippen LogP contribution in [0.5, 0.6) is 0 Å². The van der Waals surface area contributed by atoms with Gasteiger partial charge in [0.05, 0.1) is 0 Å². The summed E-state index contributed by atoms with van der Waals surface area (Å²) in [7, 11) is 0. The van der Waals surface area contributed by atoms with E-state index in [4.69, 9.17) is 0 Å². The van der Waals surface area contributed by atoms with E-state index in [1.807, 2.05) is 12.3 Å². The molecule has 98 valence electrons. The van der Waals surface area contributed by atoms with Crippen molar-refractivity contribution in [2.24, 2.45) is 0 Å². The van der Waals surface area contributed by atoms with Crippen molar-refractivity contribution in [3.63, 3.8) is 0 Å². The molecule has 1 atom stereocenters. The van der Waals surface area contributed by atoms with Gasteiger partial charge in [-0.05, 0) is 34.5 Å². The maximum Gasteiger partial charge on any atom is 0.106 e. The maximum atomic E-state index is 4.27. The van der Waals surface area contributed by atoms with Crippen LogP contribution in [-0.4, -0.2) is 36.1 Å². The Balaban J connectivity index is 0.00000128. The fourth-order valence-electron chi connectivity index (χ4n) is 1.91. The lowest BCUT2D eigenvalue weighted by Gasteiger charge is -2.32. The topological polar surface area (TPSA) is 28.2 Å². The lowest BCUT2D eigenvalue weighted by Crippen LogP contribution is -2.44. The first-order valence-electron chi connectivity index (χ1n) is 5.33. The molecule has 1 aromatic heterocycles. The standard InChI is InChI=1S/C11H16BrN3.2ClH/c1-9(15-6-4-13-5-7-15)10-2-3-11(12)14-8-10;;/h2-3,8-9,13H,4-7H2,1H3;2*1H/t9-;;/m1../s1. The van der Waals surface area contributed by atoms with Crippen LogP contribution >= 0.6 is 40.7 Å². The second-order valence-corrected chi connectivity index (χ2v) is 4.69. The van der Waals surface area contributed by atoms with Crippen molar-refractivity contribution in [2.75, 3.05) is 26.2 Å². The van der Waals surface area contributed by atoms with Crippen LogP contribution in [0.1, 0.15) is 18.5 Å². The zero-order valence-corrected chi connectivity index (χ0v) is 12.9. The average Bonchev–Trinajstić information content (AvgIpc) is 2.30. The van der Waals surface area contributed by atoms with Gasteiger partial charge in [-0.1, -0.05) is 6.07 Å². The number of rotatable bonds is 2. The fraction of sp³-hybridized carbons (Fsp3) is 0.545. The number of piperazine rings is 1. The number of halogens is 3. The molecule has 0 spiro atoms. The zero-order chi connectivity index (χ0) is 10.7. The molecule has 0 unspecified atom stereocenters. The van der Waals surface area contributed by atoms with Crippen LogP contribution in [0.25, 0.3) is 0 Å². The van der Waals surface area contributed by atoms with Crippen molar-refractivity contribution in [3.8, 4) is 0 Å². The molecule has 0 amide bonds. The molecule has 0 aromatic carbocycles. The van der Waals surface area contributed by atoms with Crippen molar-refractivity contribution in [3.05, 3.63) is 28.5 Å². The lowest BCUT2D eigenvalue weighted by molar-refractivity contribution is 0.185. The summed E-state index contributed by atoms with van der Waals surface area (Å²) in [4.78, 5) is 6.76. The van der Waals surface area contributed by atoms with Gasteiger partial charge in [0.1, 0.15) is 4.60 Å². The fourth-order valence-corrected chi connectivity index (χ4v) is 2.15. The van der Waals surface area contributed by atoms with E-state index in [1.165, 1.54) is 5.56 Å². The number of nitrogens with one attached hydrogen (secondary N) is 1. The second-order valence-electron chi connectivity index (χ2n) is 3.88. The third-order valence-electron chi connectivity index (χ3n) is 2.93. The highest BCUT2D eigenvalue weighted by Gasteiger charge is 2.17. The van der Waals surface area contributed by atoms with E-state index >= 15 is 0 Å². The van der Waals surface area contributed by atoms with Gasteiger partial charge in [-0.2, -0.15) is 0 Å². The third kappa shape index (κ3) is 4.72. The predicted molar refractivity (Wildman–Crippen MR) is 79.3 cm³/mol. The highest BCUT2D eigenvalue weighted by Crippen LogP contribution is 2.20. The van der Waals surface area contributed by atoms with E-state index in [2.05, 4.69) is 44.1 Å². The van der Waals surface area contributed by atoms with Gasteiger partial charge in [0.15, 0.2) is 0 Å². The largest absolute Gasteiger partial charge is 0.314 e. The lowest BCUT2D eigenvalue weighted by atomic mass is 10.1. The van der Waals surface area contributed by atoms with Crippen molar-refractivity contribution in [1.29, 1.82) is 0 Å². The van der Waals surface area contributed by atoms with Gasteiger partial charge < -0.3 is 5.32 Å². The Morgan fingerprint density at radius 1 is 1.29 bits per heavy atom. The van der Waals surface area contributed by atoms with Gasteiger partial charge in [0, 0.05) is 38.4 Å². The van der Waals surface area contributed by atoms with Gasteiger partial charge in [0.2, 0.25) is 0 Å². The van der Waals surface area contributed by atoms with Crippen LogP contribution in [-0.2, 0) is 0 Å². The predicted octanol–water partition coefficient (Wildman–Crippen LogP) is 2.65. The summed E-state index contributed by atoms with van der Waals surface area (Å²) in [6.45, 7) is 6.67. The Bertz CT molecular complexity index is 315. The molecule has 0 radical (unpaired) electrons. The summed E-state index contributed by atoms with van der Waals surface area (Å²) < 4.78 is 0.902. The molecule has 1 aliphatic rings. The summed E-state index contributed by atoms with van der Waals surface area (Å²) in [6.07, 6.45) is 1.96. The molecular weight excluding hydrogens is 325 g/mol. The van der Waals surface area contributed by atoms with E-state index < -0.39 is 0 Å². The summed E-state index contributed by atoms with van der Waals surface area (Å²) in [5.41, 5.74) is 1.29. The summed E-state index contributed by atoms with van der Waals surface area (Å²) >= 11 is 3.36. The molecule has 17 heavy (non-hydrogen) atoms. The number of hydrogen-bond acceptors (Lipinski definition) is 3. The van der Waals surface area contributed by atoms with Gasteiger partial charge in [-0.3, -0.25) is 4.90 Å². The first kappa shape index (κ1) is 17.1. The molecule has 1 N–H and O–H groups in total. The van der Waals surface area contributed by atoms with E-state index in [9.17, 15) is 0 Å². The molecule has 2 heterocycles. The minimum Gasteiger partial charge on any atom is -0.314 e. The molecular formula is C11H18BrCl2N3. The Hall–Kier alpha value is 0.130. The van der Waals surface area contributed by atoms with Crippen LogP contribution in [0.3, 0.4) is 0 Å². The molecule has 3 nitrogen and oxygen atoms in total. The smallest absolute Gasteiger partial charge is 0.106 e. The van der Waals surface area contributed by atoms with E-state index in [-0.39, 0.29) is 24.8 Å². The Kier molecular flexibility index (Phi) is 8.33. The number of hydrogen-bond donors (Lipinski definition) is 1. The van der Waals surface area contributed by atoms with Gasteiger partial charge in [-0.25, -0.2) is 4.98 Å².